The molecule has 0 aliphatic carbocycles. The molecular weight excluding hydrogens is 293 g/mol. The number of hydrogen-bond acceptors (Lipinski definition) is 2. The Bertz CT molecular complexity index is 855. The molecule has 6 heteroatoms. The highest BCUT2D eigenvalue weighted by Gasteiger charge is 2.11. The number of imidazole rings is 1. The standard InChI is InChI=1S/C15H13ClFN3O/c1-8(18-12-4-2-3-10(16)14(12)17)9-5-6-11-13(7-9)20-15(21)19-11/h2-8,18H,1H3,(H2,19,20,21). The van der Waals surface area contributed by atoms with Crippen LogP contribution in [0.3, 0.4) is 0 Å². The van der Waals surface area contributed by atoms with E-state index in [4.69, 9.17) is 11.6 Å². The van der Waals surface area contributed by atoms with Gasteiger partial charge in [-0.05, 0) is 36.8 Å². The number of halogens is 2. The van der Waals surface area contributed by atoms with E-state index in [-0.39, 0.29) is 16.8 Å². The molecule has 2 aromatic carbocycles. The van der Waals surface area contributed by atoms with E-state index >= 15 is 0 Å². The zero-order valence-corrected chi connectivity index (χ0v) is 12.0. The Kier molecular flexibility index (Phi) is 3.43. The predicted molar refractivity (Wildman–Crippen MR) is 82.4 cm³/mol. The van der Waals surface area contributed by atoms with Crippen molar-refractivity contribution in [3.63, 3.8) is 0 Å². The van der Waals surface area contributed by atoms with Crippen molar-refractivity contribution in [2.24, 2.45) is 0 Å². The highest BCUT2D eigenvalue weighted by Crippen LogP contribution is 2.26. The number of aromatic nitrogens is 2. The monoisotopic (exact) mass is 305 g/mol. The molecule has 3 rings (SSSR count). The van der Waals surface area contributed by atoms with E-state index in [1.165, 1.54) is 6.07 Å². The van der Waals surface area contributed by atoms with E-state index in [1.807, 2.05) is 25.1 Å². The average Bonchev–Trinajstić information content (AvgIpc) is 2.82. The summed E-state index contributed by atoms with van der Waals surface area (Å²) in [6, 6.07) is 10.2. The van der Waals surface area contributed by atoms with Gasteiger partial charge in [-0.25, -0.2) is 9.18 Å². The van der Waals surface area contributed by atoms with Crippen LogP contribution in [0.5, 0.6) is 0 Å². The summed E-state index contributed by atoms with van der Waals surface area (Å²) in [4.78, 5) is 16.6. The maximum atomic E-state index is 13.9. The molecule has 1 atom stereocenters. The van der Waals surface area contributed by atoms with Crippen LogP contribution in [0.25, 0.3) is 11.0 Å². The van der Waals surface area contributed by atoms with Gasteiger partial charge in [0.25, 0.3) is 0 Å². The molecule has 0 saturated heterocycles. The molecule has 0 spiro atoms. The van der Waals surface area contributed by atoms with Crippen molar-refractivity contribution in [3.05, 3.63) is 63.3 Å². The van der Waals surface area contributed by atoms with E-state index in [0.29, 0.717) is 5.69 Å². The van der Waals surface area contributed by atoms with Crippen LogP contribution in [0.15, 0.2) is 41.2 Å². The molecule has 3 N–H and O–H groups in total. The van der Waals surface area contributed by atoms with Gasteiger partial charge in [0.15, 0.2) is 5.82 Å². The van der Waals surface area contributed by atoms with Crippen molar-refractivity contribution < 1.29 is 4.39 Å². The number of anilines is 1. The number of fused-ring (bicyclic) bond motifs is 1. The molecule has 4 nitrogen and oxygen atoms in total. The van der Waals surface area contributed by atoms with Gasteiger partial charge < -0.3 is 15.3 Å². The first-order valence-electron chi connectivity index (χ1n) is 6.47. The van der Waals surface area contributed by atoms with E-state index < -0.39 is 5.82 Å². The quantitative estimate of drug-likeness (QED) is 0.689. The Labute approximate surface area is 125 Å². The maximum absolute atomic E-state index is 13.9. The number of rotatable bonds is 3. The zero-order valence-electron chi connectivity index (χ0n) is 11.2. The fourth-order valence-corrected chi connectivity index (χ4v) is 2.43. The SMILES string of the molecule is CC(Nc1cccc(Cl)c1F)c1ccc2[nH]c(=O)[nH]c2c1. The molecule has 1 unspecified atom stereocenters. The lowest BCUT2D eigenvalue weighted by Gasteiger charge is -2.16. The highest BCUT2D eigenvalue weighted by atomic mass is 35.5. The van der Waals surface area contributed by atoms with Crippen molar-refractivity contribution in [1.82, 2.24) is 9.97 Å². The lowest BCUT2D eigenvalue weighted by atomic mass is 10.1. The molecule has 0 radical (unpaired) electrons. The average molecular weight is 306 g/mol. The first-order chi connectivity index (χ1) is 10.0. The summed E-state index contributed by atoms with van der Waals surface area (Å²) in [6.45, 7) is 1.91. The summed E-state index contributed by atoms with van der Waals surface area (Å²) in [5.41, 5.74) is 2.49. The van der Waals surface area contributed by atoms with Crippen molar-refractivity contribution >= 4 is 28.3 Å². The number of hydrogen-bond donors (Lipinski definition) is 3. The second kappa shape index (κ2) is 5.26. The van der Waals surface area contributed by atoms with Crippen LogP contribution in [-0.4, -0.2) is 9.97 Å². The van der Waals surface area contributed by atoms with Crippen molar-refractivity contribution in [3.8, 4) is 0 Å². The second-order valence-corrected chi connectivity index (χ2v) is 5.26. The van der Waals surface area contributed by atoms with Crippen LogP contribution in [0.2, 0.25) is 5.02 Å². The third-order valence-electron chi connectivity index (χ3n) is 3.36. The van der Waals surface area contributed by atoms with Crippen LogP contribution in [0.1, 0.15) is 18.5 Å². The first kappa shape index (κ1) is 13.7. The third kappa shape index (κ3) is 2.64. The summed E-state index contributed by atoms with van der Waals surface area (Å²) >= 11 is 5.77. The fraction of sp³-hybridized carbons (Fsp3) is 0.133. The Morgan fingerprint density at radius 1 is 1.19 bits per heavy atom. The van der Waals surface area contributed by atoms with Gasteiger partial charge in [0, 0.05) is 6.04 Å². The van der Waals surface area contributed by atoms with E-state index in [2.05, 4.69) is 15.3 Å². The molecule has 21 heavy (non-hydrogen) atoms. The minimum atomic E-state index is -0.470. The van der Waals surface area contributed by atoms with Gasteiger partial charge in [-0.15, -0.1) is 0 Å². The maximum Gasteiger partial charge on any atom is 0.323 e. The third-order valence-corrected chi connectivity index (χ3v) is 3.66. The number of aromatic amines is 2. The van der Waals surface area contributed by atoms with E-state index in [9.17, 15) is 9.18 Å². The van der Waals surface area contributed by atoms with Gasteiger partial charge in [0.05, 0.1) is 21.7 Å². The Morgan fingerprint density at radius 3 is 2.76 bits per heavy atom. The molecule has 3 aromatic rings. The second-order valence-electron chi connectivity index (χ2n) is 4.85. The molecule has 0 aliphatic rings. The summed E-state index contributed by atoms with van der Waals surface area (Å²) in [5, 5.41) is 3.16. The zero-order chi connectivity index (χ0) is 15.0. The van der Waals surface area contributed by atoms with Gasteiger partial charge >= 0.3 is 5.69 Å². The molecule has 0 bridgehead atoms. The molecular formula is C15H13ClFN3O. The Balaban J connectivity index is 1.91. The summed E-state index contributed by atoms with van der Waals surface area (Å²) in [7, 11) is 0. The van der Waals surface area contributed by atoms with Crippen LogP contribution in [0, 0.1) is 5.82 Å². The Morgan fingerprint density at radius 2 is 1.95 bits per heavy atom. The largest absolute Gasteiger partial charge is 0.376 e. The minimum absolute atomic E-state index is 0.0811. The summed E-state index contributed by atoms with van der Waals surface area (Å²) in [6.07, 6.45) is 0. The van der Waals surface area contributed by atoms with Crippen LogP contribution in [-0.2, 0) is 0 Å². The smallest absolute Gasteiger partial charge is 0.323 e. The van der Waals surface area contributed by atoms with Gasteiger partial charge in [0.2, 0.25) is 0 Å². The normalized spacial score (nSPS) is 12.5. The summed E-state index contributed by atoms with van der Waals surface area (Å²) < 4.78 is 13.9. The highest BCUT2D eigenvalue weighted by molar-refractivity contribution is 6.31. The topological polar surface area (TPSA) is 60.7 Å². The molecule has 0 saturated carbocycles. The molecule has 0 aliphatic heterocycles. The van der Waals surface area contributed by atoms with Crippen molar-refractivity contribution in [1.29, 1.82) is 0 Å². The fourth-order valence-electron chi connectivity index (χ4n) is 2.25. The molecule has 108 valence electrons. The Hall–Kier alpha value is -2.27. The lowest BCUT2D eigenvalue weighted by Crippen LogP contribution is -2.08. The van der Waals surface area contributed by atoms with Gasteiger partial charge in [-0.2, -0.15) is 0 Å². The molecule has 0 amide bonds. The number of benzene rings is 2. The number of nitrogens with one attached hydrogen (secondary N) is 3. The molecule has 0 fully saturated rings. The van der Waals surface area contributed by atoms with Crippen LogP contribution in [0.4, 0.5) is 10.1 Å². The van der Waals surface area contributed by atoms with Gasteiger partial charge in [0.1, 0.15) is 0 Å². The van der Waals surface area contributed by atoms with Gasteiger partial charge in [-0.1, -0.05) is 23.7 Å². The van der Waals surface area contributed by atoms with Gasteiger partial charge in [-0.3, -0.25) is 0 Å². The first-order valence-corrected chi connectivity index (χ1v) is 6.85. The van der Waals surface area contributed by atoms with E-state index in [1.54, 1.807) is 12.1 Å². The van der Waals surface area contributed by atoms with Crippen molar-refractivity contribution in [2.45, 2.75) is 13.0 Å². The van der Waals surface area contributed by atoms with E-state index in [0.717, 1.165) is 16.6 Å². The minimum Gasteiger partial charge on any atom is -0.376 e. The van der Waals surface area contributed by atoms with Crippen LogP contribution < -0.4 is 11.0 Å². The number of H-pyrrole nitrogens is 2. The molecule has 1 heterocycles. The lowest BCUT2D eigenvalue weighted by molar-refractivity contribution is 0.628. The summed E-state index contributed by atoms with van der Waals surface area (Å²) in [5.74, 6) is -0.470. The predicted octanol–water partition coefficient (Wildman–Crippen LogP) is 3.82. The van der Waals surface area contributed by atoms with Crippen LogP contribution >= 0.6 is 11.6 Å². The van der Waals surface area contributed by atoms with Crippen molar-refractivity contribution in [2.75, 3.05) is 5.32 Å². The molecule has 1 aromatic heterocycles.